The molecule has 0 unspecified atom stereocenters. The Kier molecular flexibility index (Phi) is 7.30. The summed E-state index contributed by atoms with van der Waals surface area (Å²) in [6, 6.07) is 17.6. The minimum Gasteiger partial charge on any atom is -0.507 e. The molecule has 1 aromatic heterocycles. The van der Waals surface area contributed by atoms with Crippen molar-refractivity contribution in [3.05, 3.63) is 75.4 Å². The maximum absolute atomic E-state index is 12.5. The Hall–Kier alpha value is -3.86. The first kappa shape index (κ1) is 25.2. The fourth-order valence-electron chi connectivity index (χ4n) is 4.06. The number of nitrogens with zero attached hydrogens (tertiary/aromatic N) is 1. The highest BCUT2D eigenvalue weighted by Gasteiger charge is 2.20. The van der Waals surface area contributed by atoms with Gasteiger partial charge in [0.15, 0.2) is 0 Å². The quantitative estimate of drug-likeness (QED) is 0.209. The monoisotopic (exact) mass is 597 g/mol. The van der Waals surface area contributed by atoms with Crippen molar-refractivity contribution in [2.75, 3.05) is 10.6 Å². The van der Waals surface area contributed by atoms with Gasteiger partial charge in [-0.3, -0.25) is 9.59 Å². The Bertz CT molecular complexity index is 1510. The standard InChI is InChI=1S/C27H24IN3O5/c1-15-5-3-7-17(11-15)29-23(33)9-10-24(34)30-18-8-4-6-16(12-18)26-25(28)19-13-20(27(35)36)22(32)14-21(19)31(26)2/h3-8,11-14,32H,9-10H2,1-2H3,(H,29,33)(H,30,34)(H,35,36). The fourth-order valence-corrected chi connectivity index (χ4v) is 5.16. The van der Waals surface area contributed by atoms with Crippen molar-refractivity contribution in [1.82, 2.24) is 4.57 Å². The van der Waals surface area contributed by atoms with Gasteiger partial charge in [-0.1, -0.05) is 24.3 Å². The van der Waals surface area contributed by atoms with Crippen LogP contribution in [0.15, 0.2) is 60.7 Å². The number of amides is 2. The molecule has 0 fully saturated rings. The number of carboxylic acid groups (broad SMARTS) is 1. The van der Waals surface area contributed by atoms with Gasteiger partial charge in [0.2, 0.25) is 11.8 Å². The van der Waals surface area contributed by atoms with Crippen LogP contribution < -0.4 is 10.6 Å². The van der Waals surface area contributed by atoms with E-state index in [0.29, 0.717) is 22.3 Å². The zero-order chi connectivity index (χ0) is 26.0. The SMILES string of the molecule is Cc1cccc(NC(=O)CCC(=O)Nc2cccc(-c3c(I)c4cc(C(=O)O)c(O)cc4n3C)c2)c1. The number of benzene rings is 3. The van der Waals surface area contributed by atoms with Gasteiger partial charge in [-0.2, -0.15) is 0 Å². The molecule has 0 radical (unpaired) electrons. The lowest BCUT2D eigenvalue weighted by molar-refractivity contribution is -0.121. The van der Waals surface area contributed by atoms with Crippen molar-refractivity contribution >= 4 is 62.7 Å². The Balaban J connectivity index is 1.49. The molecule has 36 heavy (non-hydrogen) atoms. The number of fused-ring (bicyclic) bond motifs is 1. The highest BCUT2D eigenvalue weighted by molar-refractivity contribution is 14.1. The van der Waals surface area contributed by atoms with Crippen LogP contribution in [-0.2, 0) is 16.6 Å². The second-order valence-electron chi connectivity index (χ2n) is 8.46. The van der Waals surface area contributed by atoms with Crippen molar-refractivity contribution in [3.63, 3.8) is 0 Å². The van der Waals surface area contributed by atoms with Gasteiger partial charge >= 0.3 is 5.97 Å². The number of carbonyl (C=O) groups is 3. The molecular formula is C27H24IN3O5. The number of carboxylic acids is 1. The topological polar surface area (TPSA) is 121 Å². The summed E-state index contributed by atoms with van der Waals surface area (Å²) in [4.78, 5) is 36.2. The zero-order valence-electron chi connectivity index (χ0n) is 19.6. The van der Waals surface area contributed by atoms with E-state index in [0.717, 1.165) is 20.4 Å². The number of aromatic hydroxyl groups is 1. The first-order valence-electron chi connectivity index (χ1n) is 11.1. The van der Waals surface area contributed by atoms with Gasteiger partial charge < -0.3 is 25.4 Å². The van der Waals surface area contributed by atoms with E-state index in [2.05, 4.69) is 33.2 Å². The molecule has 8 nitrogen and oxygen atoms in total. The van der Waals surface area contributed by atoms with Crippen molar-refractivity contribution in [3.8, 4) is 17.0 Å². The van der Waals surface area contributed by atoms with Crippen LogP contribution >= 0.6 is 22.6 Å². The summed E-state index contributed by atoms with van der Waals surface area (Å²) in [6.07, 6.45) is 0.0840. The highest BCUT2D eigenvalue weighted by atomic mass is 127. The summed E-state index contributed by atoms with van der Waals surface area (Å²) in [5.74, 6) is -2.02. The molecule has 4 rings (SSSR count). The summed E-state index contributed by atoms with van der Waals surface area (Å²) in [5.41, 5.74) is 4.46. The summed E-state index contributed by atoms with van der Waals surface area (Å²) in [5, 5.41) is 25.8. The maximum Gasteiger partial charge on any atom is 0.339 e. The molecule has 0 spiro atoms. The second-order valence-corrected chi connectivity index (χ2v) is 9.54. The van der Waals surface area contributed by atoms with E-state index in [9.17, 15) is 24.6 Å². The Labute approximate surface area is 221 Å². The van der Waals surface area contributed by atoms with Gasteiger partial charge in [-0.15, -0.1) is 0 Å². The molecule has 9 heteroatoms. The number of phenols is 1. The Morgan fingerprint density at radius 2 is 1.53 bits per heavy atom. The van der Waals surface area contributed by atoms with E-state index in [1.54, 1.807) is 12.1 Å². The molecule has 0 saturated heterocycles. The smallest absolute Gasteiger partial charge is 0.339 e. The van der Waals surface area contributed by atoms with Crippen LogP contribution in [-0.4, -0.2) is 32.6 Å². The largest absolute Gasteiger partial charge is 0.507 e. The zero-order valence-corrected chi connectivity index (χ0v) is 21.8. The lowest BCUT2D eigenvalue weighted by Gasteiger charge is -2.10. The fraction of sp³-hybridized carbons (Fsp3) is 0.148. The van der Waals surface area contributed by atoms with Crippen LogP contribution in [0, 0.1) is 10.5 Å². The Morgan fingerprint density at radius 1 is 0.917 bits per heavy atom. The minimum atomic E-state index is -1.20. The molecule has 0 bridgehead atoms. The van der Waals surface area contributed by atoms with Crippen molar-refractivity contribution < 1.29 is 24.6 Å². The van der Waals surface area contributed by atoms with Crippen molar-refractivity contribution in [2.45, 2.75) is 19.8 Å². The number of aromatic carboxylic acids is 1. The number of rotatable bonds is 7. The number of anilines is 2. The molecule has 4 N–H and O–H groups in total. The third kappa shape index (κ3) is 5.35. The number of carbonyl (C=O) groups excluding carboxylic acids is 2. The molecule has 0 aliphatic carbocycles. The second kappa shape index (κ2) is 10.4. The average molecular weight is 597 g/mol. The van der Waals surface area contributed by atoms with Gasteiger partial charge in [0, 0.05) is 51.9 Å². The Morgan fingerprint density at radius 3 is 2.14 bits per heavy atom. The molecule has 3 aromatic carbocycles. The van der Waals surface area contributed by atoms with Crippen LogP contribution in [0.4, 0.5) is 11.4 Å². The van der Waals surface area contributed by atoms with Crippen LogP contribution in [0.25, 0.3) is 22.2 Å². The number of hydrogen-bond donors (Lipinski definition) is 4. The van der Waals surface area contributed by atoms with E-state index in [4.69, 9.17) is 0 Å². The van der Waals surface area contributed by atoms with Crippen LogP contribution in [0.1, 0.15) is 28.8 Å². The lowest BCUT2D eigenvalue weighted by atomic mass is 10.1. The van der Waals surface area contributed by atoms with Gasteiger partial charge in [-0.25, -0.2) is 4.79 Å². The van der Waals surface area contributed by atoms with Gasteiger partial charge in [0.1, 0.15) is 11.3 Å². The van der Waals surface area contributed by atoms with Gasteiger partial charge in [0.05, 0.1) is 11.2 Å². The van der Waals surface area contributed by atoms with E-state index in [1.165, 1.54) is 12.1 Å². The highest BCUT2D eigenvalue weighted by Crippen LogP contribution is 2.37. The molecule has 0 saturated carbocycles. The lowest BCUT2D eigenvalue weighted by Crippen LogP contribution is -2.17. The van der Waals surface area contributed by atoms with Crippen LogP contribution in [0.3, 0.4) is 0 Å². The first-order valence-corrected chi connectivity index (χ1v) is 12.2. The van der Waals surface area contributed by atoms with E-state index >= 15 is 0 Å². The number of halogens is 1. The number of hydrogen-bond acceptors (Lipinski definition) is 4. The number of aromatic nitrogens is 1. The molecular weight excluding hydrogens is 573 g/mol. The number of aryl methyl sites for hydroxylation is 2. The molecule has 4 aromatic rings. The molecule has 0 atom stereocenters. The number of nitrogens with one attached hydrogen (secondary N) is 2. The molecule has 184 valence electrons. The third-order valence-corrected chi connectivity index (χ3v) is 6.88. The summed E-state index contributed by atoms with van der Waals surface area (Å²) in [7, 11) is 1.83. The predicted octanol–water partition coefficient (Wildman–Crippen LogP) is 5.52. The molecule has 0 aliphatic heterocycles. The van der Waals surface area contributed by atoms with Crippen molar-refractivity contribution in [1.29, 1.82) is 0 Å². The first-order chi connectivity index (χ1) is 17.1. The molecule has 1 heterocycles. The van der Waals surface area contributed by atoms with Crippen LogP contribution in [0.2, 0.25) is 0 Å². The predicted molar refractivity (Wildman–Crippen MR) is 147 cm³/mol. The summed E-state index contributed by atoms with van der Waals surface area (Å²) in [6.45, 7) is 1.94. The summed E-state index contributed by atoms with van der Waals surface area (Å²) >= 11 is 2.16. The molecule has 0 aliphatic rings. The summed E-state index contributed by atoms with van der Waals surface area (Å²) < 4.78 is 2.70. The van der Waals surface area contributed by atoms with E-state index in [-0.39, 0.29) is 36.0 Å². The minimum absolute atomic E-state index is 0.0324. The molecule has 2 amide bonds. The maximum atomic E-state index is 12.5. The third-order valence-electron chi connectivity index (χ3n) is 5.79. The van der Waals surface area contributed by atoms with Crippen molar-refractivity contribution in [2.24, 2.45) is 7.05 Å². The van der Waals surface area contributed by atoms with E-state index in [1.807, 2.05) is 54.9 Å². The normalized spacial score (nSPS) is 10.9. The van der Waals surface area contributed by atoms with Gasteiger partial charge in [-0.05, 0) is 65.4 Å². The van der Waals surface area contributed by atoms with E-state index < -0.39 is 5.97 Å². The van der Waals surface area contributed by atoms with Gasteiger partial charge in [0.25, 0.3) is 0 Å². The average Bonchev–Trinajstić information content (AvgIpc) is 3.06. The van der Waals surface area contributed by atoms with Crippen LogP contribution in [0.5, 0.6) is 5.75 Å².